The zero-order valence-electron chi connectivity index (χ0n) is 12.3. The SMILES string of the molecule is Cc1c(C(F)(F)F)cnc(N2CCO[C@@H](C(F)(F)F)C2)c1C(N)=O. The van der Waals surface area contributed by atoms with Gasteiger partial charge >= 0.3 is 12.4 Å². The highest BCUT2D eigenvalue weighted by Crippen LogP contribution is 2.36. The van der Waals surface area contributed by atoms with Crippen LogP contribution in [0.2, 0.25) is 0 Å². The Labute approximate surface area is 132 Å². The largest absolute Gasteiger partial charge is 0.418 e. The zero-order chi connectivity index (χ0) is 18.3. The van der Waals surface area contributed by atoms with Gasteiger partial charge in [-0.1, -0.05) is 0 Å². The Morgan fingerprint density at radius 3 is 2.46 bits per heavy atom. The molecule has 1 aliphatic rings. The predicted molar refractivity (Wildman–Crippen MR) is 70.5 cm³/mol. The number of nitrogens with zero attached hydrogens (tertiary/aromatic N) is 2. The highest BCUT2D eigenvalue weighted by atomic mass is 19.4. The maximum atomic E-state index is 12.9. The Morgan fingerprint density at radius 1 is 1.33 bits per heavy atom. The Balaban J connectivity index is 2.47. The van der Waals surface area contributed by atoms with E-state index in [-0.39, 0.29) is 19.0 Å². The second kappa shape index (κ2) is 6.11. The number of hydrogen-bond acceptors (Lipinski definition) is 4. The molecule has 2 heterocycles. The van der Waals surface area contributed by atoms with Crippen molar-refractivity contribution in [3.8, 4) is 0 Å². The van der Waals surface area contributed by atoms with Crippen LogP contribution in [0.15, 0.2) is 6.20 Å². The molecule has 0 aliphatic carbocycles. The lowest BCUT2D eigenvalue weighted by Gasteiger charge is -2.35. The standard InChI is InChI=1S/C13H13F6N3O2/c1-6-7(12(14,15)16)4-21-11(9(6)10(20)23)22-2-3-24-8(5-22)13(17,18)19/h4,8H,2-3,5H2,1H3,(H2,20,23)/t8-/m1/s1. The summed E-state index contributed by atoms with van der Waals surface area (Å²) in [4.78, 5) is 16.2. The molecule has 134 valence electrons. The third-order valence-electron chi connectivity index (χ3n) is 3.60. The van der Waals surface area contributed by atoms with Crippen LogP contribution in [0.5, 0.6) is 0 Å². The van der Waals surface area contributed by atoms with Crippen molar-refractivity contribution in [3.63, 3.8) is 0 Å². The van der Waals surface area contributed by atoms with Crippen molar-refractivity contribution in [3.05, 3.63) is 22.9 Å². The van der Waals surface area contributed by atoms with E-state index >= 15 is 0 Å². The number of carbonyl (C=O) groups excluding carboxylic acids is 1. The first kappa shape index (κ1) is 18.3. The number of alkyl halides is 6. The minimum atomic E-state index is -4.76. The van der Waals surface area contributed by atoms with Gasteiger partial charge in [0.05, 0.1) is 24.3 Å². The number of carbonyl (C=O) groups is 1. The fraction of sp³-hybridized carbons (Fsp3) is 0.538. The molecule has 1 aliphatic heterocycles. The van der Waals surface area contributed by atoms with Crippen molar-refractivity contribution in [2.45, 2.75) is 25.4 Å². The average Bonchev–Trinajstić information content (AvgIpc) is 2.44. The molecule has 0 bridgehead atoms. The molecule has 0 radical (unpaired) electrons. The monoisotopic (exact) mass is 357 g/mol. The fourth-order valence-corrected chi connectivity index (χ4v) is 2.45. The summed E-state index contributed by atoms with van der Waals surface area (Å²) >= 11 is 0. The van der Waals surface area contributed by atoms with Crippen LogP contribution in [0, 0.1) is 6.92 Å². The van der Waals surface area contributed by atoms with Gasteiger partial charge in [0, 0.05) is 12.7 Å². The van der Waals surface area contributed by atoms with E-state index < -0.39 is 47.6 Å². The van der Waals surface area contributed by atoms with Crippen LogP contribution in [-0.4, -0.2) is 42.9 Å². The molecular weight excluding hydrogens is 344 g/mol. The quantitative estimate of drug-likeness (QED) is 0.825. The topological polar surface area (TPSA) is 68.5 Å². The second-order valence-corrected chi connectivity index (χ2v) is 5.20. The van der Waals surface area contributed by atoms with E-state index in [1.807, 2.05) is 0 Å². The van der Waals surface area contributed by atoms with Crippen LogP contribution in [0.3, 0.4) is 0 Å². The van der Waals surface area contributed by atoms with Crippen molar-refractivity contribution < 1.29 is 35.9 Å². The van der Waals surface area contributed by atoms with Crippen LogP contribution in [0.4, 0.5) is 32.2 Å². The molecule has 2 N–H and O–H groups in total. The predicted octanol–water partition coefficient (Wildman–Crippen LogP) is 2.28. The molecule has 0 saturated carbocycles. The van der Waals surface area contributed by atoms with E-state index in [0.717, 1.165) is 11.8 Å². The molecule has 1 saturated heterocycles. The molecule has 0 unspecified atom stereocenters. The van der Waals surface area contributed by atoms with Crippen molar-refractivity contribution in [1.82, 2.24) is 4.98 Å². The number of anilines is 1. The summed E-state index contributed by atoms with van der Waals surface area (Å²) in [5.41, 5.74) is 2.94. The molecule has 5 nitrogen and oxygen atoms in total. The smallest absolute Gasteiger partial charge is 0.365 e. The van der Waals surface area contributed by atoms with Crippen molar-refractivity contribution in [1.29, 1.82) is 0 Å². The summed E-state index contributed by atoms with van der Waals surface area (Å²) in [6.07, 6.45) is -11.1. The Kier molecular flexibility index (Phi) is 4.66. The van der Waals surface area contributed by atoms with E-state index in [9.17, 15) is 31.1 Å². The highest BCUT2D eigenvalue weighted by Gasteiger charge is 2.44. The van der Waals surface area contributed by atoms with Gasteiger partial charge < -0.3 is 15.4 Å². The first-order chi connectivity index (χ1) is 10.9. The normalized spacial score (nSPS) is 19.5. The van der Waals surface area contributed by atoms with Gasteiger partial charge in [0.15, 0.2) is 6.10 Å². The van der Waals surface area contributed by atoms with Gasteiger partial charge in [0.25, 0.3) is 5.91 Å². The molecule has 1 atom stereocenters. The van der Waals surface area contributed by atoms with E-state index in [4.69, 9.17) is 5.73 Å². The van der Waals surface area contributed by atoms with Gasteiger partial charge in [-0.15, -0.1) is 0 Å². The summed E-state index contributed by atoms with van der Waals surface area (Å²) in [7, 11) is 0. The number of pyridine rings is 1. The number of halogens is 6. The zero-order valence-corrected chi connectivity index (χ0v) is 12.3. The number of hydrogen-bond donors (Lipinski definition) is 1. The van der Waals surface area contributed by atoms with Crippen LogP contribution in [0.25, 0.3) is 0 Å². The van der Waals surface area contributed by atoms with Gasteiger partial charge in [-0.25, -0.2) is 4.98 Å². The van der Waals surface area contributed by atoms with Gasteiger partial charge in [0.1, 0.15) is 5.82 Å². The molecule has 2 rings (SSSR count). The molecule has 0 spiro atoms. The summed E-state index contributed by atoms with van der Waals surface area (Å²) in [6.45, 7) is -0.0494. The van der Waals surface area contributed by atoms with Crippen LogP contribution >= 0.6 is 0 Å². The van der Waals surface area contributed by atoms with Crippen molar-refractivity contribution in [2.24, 2.45) is 5.73 Å². The summed E-state index contributed by atoms with van der Waals surface area (Å²) in [5, 5.41) is 0. The average molecular weight is 357 g/mol. The summed E-state index contributed by atoms with van der Waals surface area (Å²) in [6, 6.07) is 0. The number of ether oxygens (including phenoxy) is 1. The van der Waals surface area contributed by atoms with Gasteiger partial charge in [0.2, 0.25) is 0 Å². The first-order valence-corrected chi connectivity index (χ1v) is 6.72. The highest BCUT2D eigenvalue weighted by molar-refractivity contribution is 5.99. The maximum Gasteiger partial charge on any atom is 0.418 e. The maximum absolute atomic E-state index is 12.9. The number of amides is 1. The van der Waals surface area contributed by atoms with E-state index in [1.165, 1.54) is 0 Å². The number of rotatable bonds is 2. The Hall–Kier alpha value is -2.04. The van der Waals surface area contributed by atoms with Gasteiger partial charge in [-0.2, -0.15) is 26.3 Å². The van der Waals surface area contributed by atoms with Crippen LogP contribution < -0.4 is 10.6 Å². The number of nitrogens with two attached hydrogens (primary N) is 1. The number of primary amides is 1. The molecule has 1 amide bonds. The Bertz CT molecular complexity index is 644. The van der Waals surface area contributed by atoms with E-state index in [1.54, 1.807) is 0 Å². The fourth-order valence-electron chi connectivity index (χ4n) is 2.45. The lowest BCUT2D eigenvalue weighted by molar-refractivity contribution is -0.221. The second-order valence-electron chi connectivity index (χ2n) is 5.20. The third kappa shape index (κ3) is 3.55. The van der Waals surface area contributed by atoms with Gasteiger partial charge in [-0.05, 0) is 12.5 Å². The Morgan fingerprint density at radius 2 is 1.96 bits per heavy atom. The van der Waals surface area contributed by atoms with Crippen LogP contribution in [-0.2, 0) is 10.9 Å². The van der Waals surface area contributed by atoms with Crippen molar-refractivity contribution >= 4 is 11.7 Å². The summed E-state index contributed by atoms with van der Waals surface area (Å²) < 4.78 is 81.7. The summed E-state index contributed by atoms with van der Waals surface area (Å²) in [5.74, 6) is -1.51. The lowest BCUT2D eigenvalue weighted by Crippen LogP contribution is -2.50. The van der Waals surface area contributed by atoms with Crippen LogP contribution in [0.1, 0.15) is 21.5 Å². The molecule has 1 aromatic heterocycles. The number of morpholine rings is 1. The molecule has 1 fully saturated rings. The third-order valence-corrected chi connectivity index (χ3v) is 3.60. The first-order valence-electron chi connectivity index (χ1n) is 6.72. The molecule has 0 aromatic carbocycles. The molecular formula is C13H13F6N3O2. The molecule has 24 heavy (non-hydrogen) atoms. The van der Waals surface area contributed by atoms with E-state index in [2.05, 4.69) is 9.72 Å². The lowest BCUT2D eigenvalue weighted by atomic mass is 10.0. The van der Waals surface area contributed by atoms with Crippen molar-refractivity contribution in [2.75, 3.05) is 24.6 Å². The molecule has 11 heteroatoms. The number of aromatic nitrogens is 1. The minimum Gasteiger partial charge on any atom is -0.365 e. The minimum absolute atomic E-state index is 0.0648. The van der Waals surface area contributed by atoms with Gasteiger partial charge in [-0.3, -0.25) is 4.79 Å². The molecule has 1 aromatic rings. The van der Waals surface area contributed by atoms with E-state index in [0.29, 0.717) is 6.20 Å².